The van der Waals surface area contributed by atoms with E-state index in [0.29, 0.717) is 44.8 Å². The van der Waals surface area contributed by atoms with Gasteiger partial charge in [-0.3, -0.25) is 4.79 Å². The Labute approximate surface area is 132 Å². The Hall–Kier alpha value is -1.41. The molecule has 0 unspecified atom stereocenters. The second kappa shape index (κ2) is 6.78. The average Bonchev–Trinajstić information content (AvgIpc) is 2.69. The molecular formula is C14H24N4O3S. The molecule has 0 radical (unpaired) electrons. The Bertz CT molecular complexity index is 619. The Morgan fingerprint density at radius 3 is 2.59 bits per heavy atom. The van der Waals surface area contributed by atoms with Gasteiger partial charge in [-0.05, 0) is 19.8 Å². The molecule has 0 bridgehead atoms. The maximum absolute atomic E-state index is 12.7. The second-order valence-electron chi connectivity index (χ2n) is 5.63. The van der Waals surface area contributed by atoms with Crippen molar-refractivity contribution in [1.82, 2.24) is 18.8 Å². The third-order valence-corrected chi connectivity index (χ3v) is 5.73. The van der Waals surface area contributed by atoms with Crippen LogP contribution in [0, 0.1) is 6.92 Å². The number of nitrogens with zero attached hydrogens (tertiary/aromatic N) is 4. The van der Waals surface area contributed by atoms with Crippen LogP contribution in [-0.4, -0.2) is 59.3 Å². The molecule has 0 atom stereocenters. The SMILES string of the molecule is CCCC(=O)N1CCCN(S(=O)(=O)c2cn(C)c(C)n2)CC1. The number of hydrogen-bond donors (Lipinski definition) is 0. The molecule has 2 rings (SSSR count). The van der Waals surface area contributed by atoms with E-state index >= 15 is 0 Å². The molecular weight excluding hydrogens is 304 g/mol. The zero-order valence-electron chi connectivity index (χ0n) is 13.4. The zero-order valence-corrected chi connectivity index (χ0v) is 14.3. The fourth-order valence-corrected chi connectivity index (χ4v) is 4.03. The van der Waals surface area contributed by atoms with Crippen molar-refractivity contribution in [2.75, 3.05) is 26.2 Å². The van der Waals surface area contributed by atoms with Gasteiger partial charge >= 0.3 is 0 Å². The molecule has 1 aromatic rings. The van der Waals surface area contributed by atoms with Gasteiger partial charge in [-0.2, -0.15) is 4.31 Å². The summed E-state index contributed by atoms with van der Waals surface area (Å²) >= 11 is 0. The predicted molar refractivity (Wildman–Crippen MR) is 82.8 cm³/mol. The first-order chi connectivity index (χ1) is 10.4. The van der Waals surface area contributed by atoms with Gasteiger partial charge in [0.25, 0.3) is 10.0 Å². The van der Waals surface area contributed by atoms with Crippen molar-refractivity contribution >= 4 is 15.9 Å². The Morgan fingerprint density at radius 1 is 1.27 bits per heavy atom. The van der Waals surface area contributed by atoms with Crippen LogP contribution in [0.25, 0.3) is 0 Å². The number of carbonyl (C=O) groups is 1. The molecule has 0 N–H and O–H groups in total. The summed E-state index contributed by atoms with van der Waals surface area (Å²) in [6.45, 7) is 5.56. The van der Waals surface area contributed by atoms with Crippen molar-refractivity contribution in [1.29, 1.82) is 0 Å². The number of rotatable bonds is 4. The largest absolute Gasteiger partial charge is 0.341 e. The van der Waals surface area contributed by atoms with Gasteiger partial charge in [0.2, 0.25) is 5.91 Å². The number of imidazole rings is 1. The summed E-state index contributed by atoms with van der Waals surface area (Å²) in [4.78, 5) is 17.9. The van der Waals surface area contributed by atoms with E-state index in [4.69, 9.17) is 0 Å². The van der Waals surface area contributed by atoms with Crippen LogP contribution >= 0.6 is 0 Å². The maximum Gasteiger partial charge on any atom is 0.262 e. The highest BCUT2D eigenvalue weighted by atomic mass is 32.2. The Kier molecular flexibility index (Phi) is 5.23. The summed E-state index contributed by atoms with van der Waals surface area (Å²) in [5, 5.41) is 0.0841. The van der Waals surface area contributed by atoms with Crippen molar-refractivity contribution in [2.24, 2.45) is 7.05 Å². The second-order valence-corrected chi connectivity index (χ2v) is 7.51. The van der Waals surface area contributed by atoms with Crippen molar-refractivity contribution in [3.05, 3.63) is 12.0 Å². The summed E-state index contributed by atoms with van der Waals surface area (Å²) in [6.07, 6.45) is 3.52. The minimum atomic E-state index is -3.59. The van der Waals surface area contributed by atoms with Crippen LogP contribution in [0.2, 0.25) is 0 Å². The summed E-state index contributed by atoms with van der Waals surface area (Å²) in [6, 6.07) is 0. The van der Waals surface area contributed by atoms with Crippen LogP contribution in [0.15, 0.2) is 11.2 Å². The number of aromatic nitrogens is 2. The lowest BCUT2D eigenvalue weighted by Gasteiger charge is -2.21. The van der Waals surface area contributed by atoms with Crippen molar-refractivity contribution in [3.8, 4) is 0 Å². The van der Waals surface area contributed by atoms with E-state index in [2.05, 4.69) is 4.98 Å². The molecule has 0 spiro atoms. The molecule has 8 heteroatoms. The summed E-state index contributed by atoms with van der Waals surface area (Å²) in [5.74, 6) is 0.767. The quantitative estimate of drug-likeness (QED) is 0.817. The molecule has 0 saturated carbocycles. The molecule has 0 aliphatic carbocycles. The van der Waals surface area contributed by atoms with E-state index in [1.54, 1.807) is 23.4 Å². The third kappa shape index (κ3) is 3.49. The van der Waals surface area contributed by atoms with Crippen LogP contribution in [0.5, 0.6) is 0 Å². The van der Waals surface area contributed by atoms with Gasteiger partial charge < -0.3 is 9.47 Å². The molecule has 1 saturated heterocycles. The topological polar surface area (TPSA) is 75.5 Å². The van der Waals surface area contributed by atoms with Gasteiger partial charge in [0.05, 0.1) is 0 Å². The normalized spacial score (nSPS) is 17.5. The molecule has 1 aliphatic heterocycles. The number of carbonyl (C=O) groups excluding carboxylic acids is 1. The van der Waals surface area contributed by atoms with Crippen LogP contribution in [0.3, 0.4) is 0 Å². The number of aryl methyl sites for hydroxylation is 2. The number of amides is 1. The fourth-order valence-electron chi connectivity index (χ4n) is 2.54. The first-order valence-corrected chi connectivity index (χ1v) is 9.08. The molecule has 1 aliphatic rings. The lowest BCUT2D eigenvalue weighted by atomic mass is 10.3. The van der Waals surface area contributed by atoms with E-state index in [1.165, 1.54) is 10.5 Å². The van der Waals surface area contributed by atoms with Gasteiger partial charge in [0.15, 0.2) is 5.03 Å². The fraction of sp³-hybridized carbons (Fsp3) is 0.714. The predicted octanol–water partition coefficient (Wildman–Crippen LogP) is 0.752. The highest BCUT2D eigenvalue weighted by Crippen LogP contribution is 2.17. The summed E-state index contributed by atoms with van der Waals surface area (Å²) in [5.41, 5.74) is 0. The monoisotopic (exact) mass is 328 g/mol. The van der Waals surface area contributed by atoms with Gasteiger partial charge in [-0.1, -0.05) is 6.92 Å². The molecule has 1 aromatic heterocycles. The molecule has 1 fully saturated rings. The number of hydrogen-bond acceptors (Lipinski definition) is 4. The van der Waals surface area contributed by atoms with Crippen molar-refractivity contribution in [2.45, 2.75) is 38.1 Å². The van der Waals surface area contributed by atoms with Crippen LogP contribution in [0.4, 0.5) is 0 Å². The summed E-state index contributed by atoms with van der Waals surface area (Å²) < 4.78 is 28.4. The molecule has 22 heavy (non-hydrogen) atoms. The summed E-state index contributed by atoms with van der Waals surface area (Å²) in [7, 11) is -1.81. The first kappa shape index (κ1) is 17.0. The smallest absolute Gasteiger partial charge is 0.262 e. The Balaban J connectivity index is 2.11. The van der Waals surface area contributed by atoms with Crippen molar-refractivity contribution < 1.29 is 13.2 Å². The average molecular weight is 328 g/mol. The third-order valence-electron chi connectivity index (χ3n) is 3.96. The lowest BCUT2D eigenvalue weighted by molar-refractivity contribution is -0.131. The minimum Gasteiger partial charge on any atom is -0.341 e. The molecule has 1 amide bonds. The van der Waals surface area contributed by atoms with E-state index in [9.17, 15) is 13.2 Å². The van der Waals surface area contributed by atoms with E-state index in [1.807, 2.05) is 6.92 Å². The number of sulfonamides is 1. The van der Waals surface area contributed by atoms with Crippen LogP contribution in [-0.2, 0) is 21.9 Å². The zero-order chi connectivity index (χ0) is 16.3. The van der Waals surface area contributed by atoms with Gasteiger partial charge in [0.1, 0.15) is 5.82 Å². The standard InChI is InChI=1S/C14H24N4O3S/c1-4-6-14(19)17-7-5-8-18(10-9-17)22(20,21)13-11-16(3)12(2)15-13/h11H,4-10H2,1-3H3. The highest BCUT2D eigenvalue weighted by molar-refractivity contribution is 7.89. The van der Waals surface area contributed by atoms with E-state index in [-0.39, 0.29) is 10.9 Å². The van der Waals surface area contributed by atoms with Crippen LogP contribution in [0.1, 0.15) is 32.0 Å². The van der Waals surface area contributed by atoms with Crippen molar-refractivity contribution in [3.63, 3.8) is 0 Å². The van der Waals surface area contributed by atoms with Gasteiger partial charge in [-0.15, -0.1) is 0 Å². The maximum atomic E-state index is 12.7. The van der Waals surface area contributed by atoms with E-state index in [0.717, 1.165) is 6.42 Å². The van der Waals surface area contributed by atoms with E-state index < -0.39 is 10.0 Å². The highest BCUT2D eigenvalue weighted by Gasteiger charge is 2.30. The molecule has 0 aromatic carbocycles. The minimum absolute atomic E-state index is 0.0841. The lowest BCUT2D eigenvalue weighted by Crippen LogP contribution is -2.37. The first-order valence-electron chi connectivity index (χ1n) is 7.64. The van der Waals surface area contributed by atoms with Gasteiger partial charge in [-0.25, -0.2) is 13.4 Å². The molecule has 124 valence electrons. The van der Waals surface area contributed by atoms with Crippen LogP contribution < -0.4 is 0 Å². The molecule has 7 nitrogen and oxygen atoms in total. The molecule has 2 heterocycles. The van der Waals surface area contributed by atoms with Gasteiger partial charge in [0, 0.05) is 45.8 Å². The Morgan fingerprint density at radius 2 is 2.00 bits per heavy atom.